The molecule has 1 aromatic rings. The first-order valence-electron chi connectivity index (χ1n) is 5.26. The molecule has 1 aliphatic rings. The first kappa shape index (κ1) is 12.5. The number of alkyl halides is 3. The Morgan fingerprint density at radius 3 is 2.83 bits per heavy atom. The Morgan fingerprint density at radius 2 is 2.17 bits per heavy atom. The molecule has 0 fully saturated rings. The van der Waals surface area contributed by atoms with Gasteiger partial charge in [0.25, 0.3) is 0 Å². The average Bonchev–Trinajstić information content (AvgIpc) is 2.37. The highest BCUT2D eigenvalue weighted by atomic mass is 19.4. The molecule has 18 heavy (non-hydrogen) atoms. The Morgan fingerprint density at radius 1 is 1.33 bits per heavy atom. The van der Waals surface area contributed by atoms with Crippen LogP contribution < -0.4 is 5.32 Å². The van der Waals surface area contributed by atoms with Gasteiger partial charge in [-0.2, -0.15) is 13.2 Å². The van der Waals surface area contributed by atoms with Crippen LogP contribution in [0.1, 0.15) is 5.56 Å². The van der Waals surface area contributed by atoms with Crippen LogP contribution in [0.3, 0.4) is 0 Å². The molecule has 0 spiro atoms. The summed E-state index contributed by atoms with van der Waals surface area (Å²) in [6.45, 7) is 1.14. The molecule has 2 heterocycles. The van der Waals surface area contributed by atoms with Crippen molar-refractivity contribution in [3.8, 4) is 0 Å². The molecule has 0 bridgehead atoms. The minimum absolute atomic E-state index is 0.139. The molecule has 0 radical (unpaired) electrons. The van der Waals surface area contributed by atoms with E-state index in [2.05, 4.69) is 10.3 Å². The zero-order valence-corrected chi connectivity index (χ0v) is 9.33. The van der Waals surface area contributed by atoms with Gasteiger partial charge in [0.15, 0.2) is 0 Å². The normalized spacial score (nSPS) is 15.4. The topological polar surface area (TPSA) is 43.4 Å². The number of hydrogen-bond acceptors (Lipinski definition) is 4. The van der Waals surface area contributed by atoms with Crippen molar-refractivity contribution in [2.24, 2.45) is 0 Å². The summed E-state index contributed by atoms with van der Waals surface area (Å²) in [6.07, 6.45) is -1.83. The average molecular weight is 260 g/mol. The number of rotatable bonds is 3. The lowest BCUT2D eigenvalue weighted by molar-refractivity contribution is -0.137. The molecule has 0 atom stereocenters. The summed E-state index contributed by atoms with van der Waals surface area (Å²) in [7, 11) is 0. The summed E-state index contributed by atoms with van der Waals surface area (Å²) in [4.78, 5) is 3.80. The molecule has 0 amide bonds. The lowest BCUT2D eigenvalue weighted by atomic mass is 10.2. The molecular weight excluding hydrogens is 249 g/mol. The van der Waals surface area contributed by atoms with Crippen molar-refractivity contribution in [2.45, 2.75) is 6.18 Å². The second-order valence-corrected chi connectivity index (χ2v) is 3.58. The van der Waals surface area contributed by atoms with Gasteiger partial charge in [-0.1, -0.05) is 0 Å². The summed E-state index contributed by atoms with van der Waals surface area (Å²) < 4.78 is 47.6. The SMILES string of the molecule is FC(F)(F)c1ccnc(NCC2=COCCO2)c1. The monoisotopic (exact) mass is 260 g/mol. The van der Waals surface area contributed by atoms with Gasteiger partial charge in [-0.15, -0.1) is 0 Å². The molecule has 1 aliphatic heterocycles. The number of nitrogens with one attached hydrogen (secondary N) is 1. The Bertz CT molecular complexity index is 446. The molecule has 1 N–H and O–H groups in total. The Hall–Kier alpha value is -1.92. The summed E-state index contributed by atoms with van der Waals surface area (Å²) in [5.41, 5.74) is -0.741. The second kappa shape index (κ2) is 5.16. The van der Waals surface area contributed by atoms with Gasteiger partial charge in [0.2, 0.25) is 0 Å². The third-order valence-electron chi connectivity index (χ3n) is 2.23. The summed E-state index contributed by atoms with van der Waals surface area (Å²) >= 11 is 0. The zero-order valence-electron chi connectivity index (χ0n) is 9.33. The fraction of sp³-hybridized carbons (Fsp3) is 0.364. The molecule has 0 aromatic carbocycles. The third kappa shape index (κ3) is 3.28. The molecule has 4 nitrogen and oxygen atoms in total. The van der Waals surface area contributed by atoms with E-state index >= 15 is 0 Å². The molecular formula is C11H11F3N2O2. The van der Waals surface area contributed by atoms with Gasteiger partial charge in [-0.05, 0) is 12.1 Å². The molecule has 0 saturated carbocycles. The van der Waals surface area contributed by atoms with Gasteiger partial charge in [-0.25, -0.2) is 4.98 Å². The highest BCUT2D eigenvalue weighted by Gasteiger charge is 2.30. The quantitative estimate of drug-likeness (QED) is 0.906. The summed E-state index contributed by atoms with van der Waals surface area (Å²) in [6, 6.07) is 1.87. The fourth-order valence-electron chi connectivity index (χ4n) is 1.38. The van der Waals surface area contributed by atoms with Crippen LogP contribution in [-0.2, 0) is 15.7 Å². The molecule has 98 valence electrons. The van der Waals surface area contributed by atoms with E-state index in [1.54, 1.807) is 0 Å². The molecule has 2 rings (SSSR count). The van der Waals surface area contributed by atoms with Crippen LogP contribution in [0.5, 0.6) is 0 Å². The van der Waals surface area contributed by atoms with Gasteiger partial charge in [-0.3, -0.25) is 0 Å². The predicted octanol–water partition coefficient (Wildman–Crippen LogP) is 2.40. The highest BCUT2D eigenvalue weighted by molar-refractivity contribution is 5.39. The molecule has 7 heteroatoms. The molecule has 0 saturated heterocycles. The minimum Gasteiger partial charge on any atom is -0.494 e. The van der Waals surface area contributed by atoms with E-state index in [0.717, 1.165) is 18.3 Å². The van der Waals surface area contributed by atoms with Gasteiger partial charge in [0.1, 0.15) is 31.1 Å². The predicted molar refractivity (Wildman–Crippen MR) is 57.7 cm³/mol. The lowest BCUT2D eigenvalue weighted by Gasteiger charge is -2.16. The first-order chi connectivity index (χ1) is 8.55. The van der Waals surface area contributed by atoms with Gasteiger partial charge in [0.05, 0.1) is 12.1 Å². The molecule has 1 aromatic heterocycles. The van der Waals surface area contributed by atoms with Crippen LogP contribution >= 0.6 is 0 Å². The molecule has 0 unspecified atom stereocenters. The van der Waals surface area contributed by atoms with Gasteiger partial charge in [0, 0.05) is 6.20 Å². The standard InChI is InChI=1S/C11H11F3N2O2/c12-11(13,14)8-1-2-15-10(5-8)16-6-9-7-17-3-4-18-9/h1-2,5,7H,3-4,6H2,(H,15,16). The van der Waals surface area contributed by atoms with Crippen LogP contribution in [0.25, 0.3) is 0 Å². The van der Waals surface area contributed by atoms with Crippen molar-refractivity contribution in [1.82, 2.24) is 4.98 Å². The van der Waals surface area contributed by atoms with Crippen LogP contribution in [0.15, 0.2) is 30.4 Å². The van der Waals surface area contributed by atoms with E-state index in [9.17, 15) is 13.2 Å². The maximum absolute atomic E-state index is 12.5. The number of nitrogens with zero attached hydrogens (tertiary/aromatic N) is 1. The molecule has 0 aliphatic carbocycles. The summed E-state index contributed by atoms with van der Waals surface area (Å²) in [5.74, 6) is 0.667. The van der Waals surface area contributed by atoms with Crippen LogP contribution in [0.4, 0.5) is 19.0 Å². The van der Waals surface area contributed by atoms with Crippen molar-refractivity contribution < 1.29 is 22.6 Å². The maximum atomic E-state index is 12.5. The van der Waals surface area contributed by atoms with Crippen molar-refractivity contribution in [3.05, 3.63) is 35.9 Å². The maximum Gasteiger partial charge on any atom is 0.416 e. The van der Waals surface area contributed by atoms with E-state index < -0.39 is 11.7 Å². The Labute approximate surface area is 101 Å². The lowest BCUT2D eigenvalue weighted by Crippen LogP contribution is -2.15. The smallest absolute Gasteiger partial charge is 0.416 e. The van der Waals surface area contributed by atoms with E-state index in [1.165, 1.54) is 6.26 Å². The van der Waals surface area contributed by atoms with E-state index in [0.29, 0.717) is 19.0 Å². The Balaban J connectivity index is 1.99. The minimum atomic E-state index is -4.37. The number of ether oxygens (including phenoxy) is 2. The number of pyridine rings is 1. The van der Waals surface area contributed by atoms with E-state index in [-0.39, 0.29) is 12.4 Å². The van der Waals surface area contributed by atoms with Gasteiger partial charge >= 0.3 is 6.18 Å². The Kier molecular flexibility index (Phi) is 3.59. The highest BCUT2D eigenvalue weighted by Crippen LogP contribution is 2.29. The second-order valence-electron chi connectivity index (χ2n) is 3.58. The van der Waals surface area contributed by atoms with E-state index in [1.807, 2.05) is 0 Å². The van der Waals surface area contributed by atoms with E-state index in [4.69, 9.17) is 9.47 Å². The first-order valence-corrected chi connectivity index (χ1v) is 5.26. The van der Waals surface area contributed by atoms with Crippen molar-refractivity contribution in [2.75, 3.05) is 25.1 Å². The van der Waals surface area contributed by atoms with Crippen molar-refractivity contribution >= 4 is 5.82 Å². The zero-order chi connectivity index (χ0) is 13.0. The van der Waals surface area contributed by atoms with Gasteiger partial charge < -0.3 is 14.8 Å². The number of anilines is 1. The number of aromatic nitrogens is 1. The largest absolute Gasteiger partial charge is 0.494 e. The van der Waals surface area contributed by atoms with Crippen molar-refractivity contribution in [1.29, 1.82) is 0 Å². The third-order valence-corrected chi connectivity index (χ3v) is 2.23. The summed E-state index contributed by atoms with van der Waals surface area (Å²) in [5, 5.41) is 2.74. The van der Waals surface area contributed by atoms with Crippen LogP contribution in [0.2, 0.25) is 0 Å². The van der Waals surface area contributed by atoms with Crippen molar-refractivity contribution in [3.63, 3.8) is 0 Å². The van der Waals surface area contributed by atoms with Crippen LogP contribution in [-0.4, -0.2) is 24.7 Å². The number of hydrogen-bond donors (Lipinski definition) is 1. The number of halogens is 3. The fourth-order valence-corrected chi connectivity index (χ4v) is 1.38. The van der Waals surface area contributed by atoms with Crippen LogP contribution in [0, 0.1) is 0 Å².